The fraction of sp³-hybridized carbons (Fsp3) is 0.368. The van der Waals surface area contributed by atoms with E-state index in [-0.39, 0.29) is 43.2 Å². The monoisotopic (exact) mass is 413 g/mol. The molecule has 1 aromatic heterocycles. The van der Waals surface area contributed by atoms with Crippen LogP contribution in [0.25, 0.3) is 0 Å². The van der Waals surface area contributed by atoms with E-state index < -0.39 is 30.1 Å². The average Bonchev–Trinajstić information content (AvgIpc) is 3.03. The van der Waals surface area contributed by atoms with Crippen LogP contribution in [0.2, 0.25) is 0 Å². The predicted molar refractivity (Wildman–Crippen MR) is 94.7 cm³/mol. The Hall–Kier alpha value is -2.72. The first-order valence-electron chi connectivity index (χ1n) is 8.78. The maximum atomic E-state index is 13.4. The summed E-state index contributed by atoms with van der Waals surface area (Å²) in [6, 6.07) is 8.41. The molecule has 6 nitrogen and oxygen atoms in total. The highest BCUT2D eigenvalue weighted by atomic mass is 19.4. The number of aliphatic hydroxyl groups is 1. The highest BCUT2D eigenvalue weighted by molar-refractivity contribution is 5.94. The van der Waals surface area contributed by atoms with Gasteiger partial charge in [-0.1, -0.05) is 12.1 Å². The van der Waals surface area contributed by atoms with Crippen LogP contribution < -0.4 is 10.5 Å². The number of nitrogens with two attached hydrogens (primary N) is 1. The minimum absolute atomic E-state index is 0.100. The number of pyridine rings is 1. The number of amides is 1. The number of hydrogen-bond donors (Lipinski definition) is 2. The molecule has 3 N–H and O–H groups in total. The number of carbonyl (C=O) groups is 1. The molecule has 1 saturated heterocycles. The summed E-state index contributed by atoms with van der Waals surface area (Å²) in [5.41, 5.74) is 5.32. The number of likely N-dealkylation sites (tertiary alicyclic amines) is 1. The molecule has 1 fully saturated rings. The van der Waals surface area contributed by atoms with E-state index >= 15 is 0 Å². The molecule has 3 rings (SSSR count). The Morgan fingerprint density at radius 2 is 2.00 bits per heavy atom. The lowest BCUT2D eigenvalue weighted by molar-refractivity contribution is -0.141. The molecule has 1 amide bonds. The normalized spacial score (nSPS) is 19.4. The van der Waals surface area contributed by atoms with Crippen LogP contribution in [0, 0.1) is 0 Å². The summed E-state index contributed by atoms with van der Waals surface area (Å²) in [6.45, 7) is -0.537. The summed E-state index contributed by atoms with van der Waals surface area (Å²) in [7, 11) is 0. The van der Waals surface area contributed by atoms with Crippen LogP contribution in [0.1, 0.15) is 27.2 Å². The van der Waals surface area contributed by atoms with Crippen molar-refractivity contribution in [2.75, 3.05) is 13.1 Å². The number of alkyl halides is 4. The Bertz CT molecular complexity index is 881. The Labute approximate surface area is 163 Å². The van der Waals surface area contributed by atoms with Gasteiger partial charge in [0.25, 0.3) is 5.91 Å². The second-order valence-electron chi connectivity index (χ2n) is 6.68. The second-order valence-corrected chi connectivity index (χ2v) is 6.68. The molecule has 156 valence electrons. The maximum absolute atomic E-state index is 13.4. The zero-order valence-electron chi connectivity index (χ0n) is 15.2. The molecule has 2 heterocycles. The summed E-state index contributed by atoms with van der Waals surface area (Å²) in [6.07, 6.45) is -7.34. The van der Waals surface area contributed by atoms with Crippen LogP contribution in [-0.2, 0) is 19.3 Å². The van der Waals surface area contributed by atoms with Crippen LogP contribution in [-0.4, -0.2) is 46.3 Å². The number of rotatable bonds is 5. The molecular formula is C19H19F4N3O3. The van der Waals surface area contributed by atoms with Crippen molar-refractivity contribution in [3.05, 3.63) is 58.8 Å². The van der Waals surface area contributed by atoms with Gasteiger partial charge < -0.3 is 20.5 Å². The van der Waals surface area contributed by atoms with Gasteiger partial charge in [0.1, 0.15) is 24.6 Å². The molecule has 0 saturated carbocycles. The molecule has 0 bridgehead atoms. The van der Waals surface area contributed by atoms with Gasteiger partial charge in [-0.25, -0.2) is 9.37 Å². The zero-order valence-corrected chi connectivity index (χ0v) is 15.2. The molecule has 2 aromatic rings. The van der Waals surface area contributed by atoms with E-state index in [4.69, 9.17) is 10.5 Å². The standard InChI is InChI=1S/C19H19F4N3O3/c20-14-8-26(9-15(14)27)18(28)13-3-1-2-11(4-13)10-29-17-6-12(7-24)5-16(25-17)19(21,22)23/h1-6,14-15,27H,7-10,24H2/t14-,15-/m1/s1. The number of aromatic nitrogens is 1. The van der Waals surface area contributed by atoms with E-state index in [2.05, 4.69) is 4.98 Å². The van der Waals surface area contributed by atoms with Crippen molar-refractivity contribution < 1.29 is 32.2 Å². The molecule has 10 heteroatoms. The Morgan fingerprint density at radius 3 is 2.62 bits per heavy atom. The summed E-state index contributed by atoms with van der Waals surface area (Å²) in [4.78, 5) is 17.1. The number of benzene rings is 1. The molecule has 29 heavy (non-hydrogen) atoms. The number of ether oxygens (including phenoxy) is 1. The van der Waals surface area contributed by atoms with E-state index in [0.29, 0.717) is 5.56 Å². The van der Waals surface area contributed by atoms with E-state index in [9.17, 15) is 27.5 Å². The van der Waals surface area contributed by atoms with Gasteiger partial charge in [-0.2, -0.15) is 13.2 Å². The largest absolute Gasteiger partial charge is 0.473 e. The lowest BCUT2D eigenvalue weighted by Gasteiger charge is -2.16. The van der Waals surface area contributed by atoms with Gasteiger partial charge in [0.2, 0.25) is 5.88 Å². The quantitative estimate of drug-likeness (QED) is 0.735. The molecule has 1 aliphatic rings. The Morgan fingerprint density at radius 1 is 1.24 bits per heavy atom. The lowest BCUT2D eigenvalue weighted by Crippen LogP contribution is -2.29. The minimum Gasteiger partial charge on any atom is -0.473 e. The van der Waals surface area contributed by atoms with E-state index in [1.807, 2.05) is 0 Å². The number of hydrogen-bond acceptors (Lipinski definition) is 5. The van der Waals surface area contributed by atoms with Gasteiger partial charge in [-0.05, 0) is 29.3 Å². The number of halogens is 4. The summed E-state index contributed by atoms with van der Waals surface area (Å²) < 4.78 is 57.7. The van der Waals surface area contributed by atoms with Crippen molar-refractivity contribution in [1.29, 1.82) is 0 Å². The fourth-order valence-corrected chi connectivity index (χ4v) is 2.94. The number of carbonyl (C=O) groups excluding carboxylic acids is 1. The molecular weight excluding hydrogens is 394 g/mol. The SMILES string of the molecule is NCc1cc(OCc2cccc(C(=O)N3C[C@@H](O)[C@H](F)C3)c2)nc(C(F)(F)F)c1. The summed E-state index contributed by atoms with van der Waals surface area (Å²) in [5, 5.41) is 9.47. The molecule has 2 atom stereocenters. The average molecular weight is 413 g/mol. The minimum atomic E-state index is -4.63. The third-order valence-corrected chi connectivity index (χ3v) is 4.46. The van der Waals surface area contributed by atoms with Gasteiger partial charge in [0.05, 0.1) is 6.54 Å². The zero-order chi connectivity index (χ0) is 21.2. The van der Waals surface area contributed by atoms with Crippen molar-refractivity contribution in [1.82, 2.24) is 9.88 Å². The third-order valence-electron chi connectivity index (χ3n) is 4.46. The van der Waals surface area contributed by atoms with Gasteiger partial charge in [-0.15, -0.1) is 0 Å². The topological polar surface area (TPSA) is 88.7 Å². The first-order chi connectivity index (χ1) is 13.7. The Kier molecular flexibility index (Phi) is 6.04. The van der Waals surface area contributed by atoms with Crippen LogP contribution in [0.5, 0.6) is 5.88 Å². The number of aliphatic hydroxyl groups excluding tert-OH is 1. The van der Waals surface area contributed by atoms with Gasteiger partial charge in [0.15, 0.2) is 0 Å². The second kappa shape index (κ2) is 8.34. The van der Waals surface area contributed by atoms with E-state index in [0.717, 1.165) is 6.07 Å². The molecule has 1 aromatic carbocycles. The third kappa shape index (κ3) is 5.01. The predicted octanol–water partition coefficient (Wildman–Crippen LogP) is 2.29. The smallest absolute Gasteiger partial charge is 0.433 e. The van der Waals surface area contributed by atoms with Gasteiger partial charge >= 0.3 is 6.18 Å². The highest BCUT2D eigenvalue weighted by Gasteiger charge is 2.35. The first-order valence-corrected chi connectivity index (χ1v) is 8.78. The molecule has 1 aliphatic heterocycles. The molecule has 0 aliphatic carbocycles. The van der Waals surface area contributed by atoms with Crippen LogP contribution in [0.3, 0.4) is 0 Å². The van der Waals surface area contributed by atoms with Crippen LogP contribution >= 0.6 is 0 Å². The van der Waals surface area contributed by atoms with Crippen molar-refractivity contribution in [3.63, 3.8) is 0 Å². The first kappa shape index (κ1) is 21.0. The fourth-order valence-electron chi connectivity index (χ4n) is 2.94. The van der Waals surface area contributed by atoms with E-state index in [1.165, 1.54) is 23.1 Å². The molecule has 0 unspecified atom stereocenters. The van der Waals surface area contributed by atoms with Crippen LogP contribution in [0.15, 0.2) is 36.4 Å². The number of nitrogens with zero attached hydrogens (tertiary/aromatic N) is 2. The van der Waals surface area contributed by atoms with E-state index in [1.54, 1.807) is 12.1 Å². The number of β-amino-alcohol motifs (C(OH)–C–C–N with tert-alkyl or cyclic N) is 1. The van der Waals surface area contributed by atoms with Crippen molar-refractivity contribution >= 4 is 5.91 Å². The van der Waals surface area contributed by atoms with Crippen molar-refractivity contribution in [3.8, 4) is 5.88 Å². The lowest BCUT2D eigenvalue weighted by atomic mass is 10.1. The summed E-state index contributed by atoms with van der Waals surface area (Å²) >= 11 is 0. The maximum Gasteiger partial charge on any atom is 0.433 e. The summed E-state index contributed by atoms with van der Waals surface area (Å²) in [5.74, 6) is -0.686. The highest BCUT2D eigenvalue weighted by Crippen LogP contribution is 2.30. The van der Waals surface area contributed by atoms with Gasteiger partial charge in [0, 0.05) is 24.7 Å². The molecule has 0 spiro atoms. The van der Waals surface area contributed by atoms with Crippen molar-refractivity contribution in [2.24, 2.45) is 5.73 Å². The van der Waals surface area contributed by atoms with Crippen LogP contribution in [0.4, 0.5) is 17.6 Å². The molecule has 0 radical (unpaired) electrons. The van der Waals surface area contributed by atoms with Gasteiger partial charge in [-0.3, -0.25) is 4.79 Å². The Balaban J connectivity index is 1.72. The van der Waals surface area contributed by atoms with Crippen molar-refractivity contribution in [2.45, 2.75) is 31.6 Å².